The van der Waals surface area contributed by atoms with Gasteiger partial charge in [0.2, 0.25) is 5.91 Å². The van der Waals surface area contributed by atoms with Gasteiger partial charge in [-0.3, -0.25) is 4.79 Å². The molecule has 2 aromatic heterocycles. The normalized spacial score (nSPS) is 13.6. The molecule has 1 atom stereocenters. The number of fused-ring (bicyclic) bond motifs is 1. The van der Waals surface area contributed by atoms with Crippen LogP contribution < -0.4 is 10.1 Å². The molecule has 25 heavy (non-hydrogen) atoms. The quantitative estimate of drug-likeness (QED) is 0.643. The fourth-order valence-corrected chi connectivity index (χ4v) is 2.85. The van der Waals surface area contributed by atoms with E-state index >= 15 is 0 Å². The number of rotatable bonds is 6. The van der Waals surface area contributed by atoms with E-state index in [4.69, 9.17) is 9.15 Å². The van der Waals surface area contributed by atoms with Gasteiger partial charge in [-0.05, 0) is 43.7 Å². The molecule has 3 N–H and O–H groups in total. The number of amides is 1. The number of aryl methyl sites for hydroxylation is 1. The molecule has 1 amide bonds. The van der Waals surface area contributed by atoms with Gasteiger partial charge in [-0.1, -0.05) is 6.07 Å². The van der Waals surface area contributed by atoms with Gasteiger partial charge in [0.25, 0.3) is 0 Å². The Labute approximate surface area is 145 Å². The number of H-pyrrole nitrogens is 1. The van der Waals surface area contributed by atoms with E-state index < -0.39 is 5.60 Å². The van der Waals surface area contributed by atoms with Crippen molar-refractivity contribution in [3.8, 4) is 5.75 Å². The summed E-state index contributed by atoms with van der Waals surface area (Å²) in [5, 5.41) is 14.2. The molecule has 0 saturated carbocycles. The van der Waals surface area contributed by atoms with Gasteiger partial charge in [0, 0.05) is 17.1 Å². The summed E-state index contributed by atoms with van der Waals surface area (Å²) in [5.41, 5.74) is 0.501. The van der Waals surface area contributed by atoms with Crippen LogP contribution in [0.3, 0.4) is 0 Å². The van der Waals surface area contributed by atoms with Crippen LogP contribution in [-0.2, 0) is 16.8 Å². The topological polar surface area (TPSA) is 87.5 Å². The summed E-state index contributed by atoms with van der Waals surface area (Å²) in [4.78, 5) is 15.5. The zero-order chi connectivity index (χ0) is 18.0. The summed E-state index contributed by atoms with van der Waals surface area (Å²) in [7, 11) is 1.61. The van der Waals surface area contributed by atoms with Crippen molar-refractivity contribution >= 4 is 16.8 Å². The smallest absolute Gasteiger partial charge is 0.224 e. The van der Waals surface area contributed by atoms with Crippen molar-refractivity contribution in [3.05, 3.63) is 53.6 Å². The van der Waals surface area contributed by atoms with Crippen molar-refractivity contribution in [3.63, 3.8) is 0 Å². The zero-order valence-corrected chi connectivity index (χ0v) is 14.6. The number of methoxy groups -OCH3 is 1. The van der Waals surface area contributed by atoms with Gasteiger partial charge in [0.05, 0.1) is 20.1 Å². The van der Waals surface area contributed by atoms with Crippen molar-refractivity contribution in [2.24, 2.45) is 0 Å². The third kappa shape index (κ3) is 3.53. The molecule has 2 heterocycles. The van der Waals surface area contributed by atoms with E-state index in [-0.39, 0.29) is 18.9 Å². The molecule has 0 aliphatic carbocycles. The molecule has 1 aromatic carbocycles. The maximum Gasteiger partial charge on any atom is 0.224 e. The van der Waals surface area contributed by atoms with Crippen molar-refractivity contribution in [1.29, 1.82) is 0 Å². The highest BCUT2D eigenvalue weighted by molar-refractivity contribution is 5.93. The van der Waals surface area contributed by atoms with Crippen LogP contribution in [0.5, 0.6) is 5.75 Å². The number of hydrogen-bond acceptors (Lipinski definition) is 4. The molecule has 0 bridgehead atoms. The molecular formula is C19H22N2O4. The summed E-state index contributed by atoms with van der Waals surface area (Å²) >= 11 is 0. The Morgan fingerprint density at radius 3 is 2.84 bits per heavy atom. The molecule has 3 aromatic rings. The SMILES string of the molecule is COc1cccc2[nH]cc(CC(=O)NCC(C)(O)c3ccc(C)o3)c12. The third-order valence-electron chi connectivity index (χ3n) is 4.22. The second-order valence-corrected chi connectivity index (χ2v) is 6.33. The summed E-state index contributed by atoms with van der Waals surface area (Å²) in [6, 6.07) is 9.19. The van der Waals surface area contributed by atoms with Crippen molar-refractivity contribution in [2.75, 3.05) is 13.7 Å². The first-order chi connectivity index (χ1) is 11.9. The minimum absolute atomic E-state index is 0.0677. The highest BCUT2D eigenvalue weighted by atomic mass is 16.5. The number of furan rings is 1. The number of ether oxygens (including phenoxy) is 1. The standard InChI is InChI=1S/C19H22N2O4/c1-12-7-8-16(25-12)19(2,23)11-21-17(22)9-13-10-20-14-5-4-6-15(24-3)18(13)14/h4-8,10,20,23H,9,11H2,1-3H3,(H,21,22). The lowest BCUT2D eigenvalue weighted by Gasteiger charge is -2.21. The predicted octanol–water partition coefficient (Wildman–Crippen LogP) is 2.64. The van der Waals surface area contributed by atoms with Gasteiger partial charge in [0.1, 0.15) is 22.9 Å². The fraction of sp³-hybridized carbons (Fsp3) is 0.316. The Hall–Kier alpha value is -2.73. The van der Waals surface area contributed by atoms with Crippen LogP contribution in [0.25, 0.3) is 10.9 Å². The summed E-state index contributed by atoms with van der Waals surface area (Å²) in [6.45, 7) is 3.49. The van der Waals surface area contributed by atoms with Gasteiger partial charge < -0.3 is 24.6 Å². The molecule has 132 valence electrons. The van der Waals surface area contributed by atoms with Crippen LogP contribution in [0.4, 0.5) is 0 Å². The number of nitrogens with one attached hydrogen (secondary N) is 2. The van der Waals surface area contributed by atoms with Crippen LogP contribution in [0.2, 0.25) is 0 Å². The van der Waals surface area contributed by atoms with Crippen LogP contribution in [0.15, 0.2) is 40.9 Å². The number of benzene rings is 1. The number of hydrogen-bond donors (Lipinski definition) is 3. The average Bonchev–Trinajstić information content (AvgIpc) is 3.20. The fourth-order valence-electron chi connectivity index (χ4n) is 2.85. The first-order valence-corrected chi connectivity index (χ1v) is 8.09. The number of aliphatic hydroxyl groups is 1. The van der Waals surface area contributed by atoms with Crippen LogP contribution in [0, 0.1) is 6.92 Å². The van der Waals surface area contributed by atoms with Crippen LogP contribution in [-0.4, -0.2) is 29.7 Å². The number of aromatic amines is 1. The van der Waals surface area contributed by atoms with E-state index in [2.05, 4.69) is 10.3 Å². The molecule has 1 unspecified atom stereocenters. The molecule has 3 rings (SSSR count). The lowest BCUT2D eigenvalue weighted by atomic mass is 10.0. The first-order valence-electron chi connectivity index (χ1n) is 8.09. The number of aromatic nitrogens is 1. The van der Waals surface area contributed by atoms with Gasteiger partial charge in [-0.25, -0.2) is 0 Å². The van der Waals surface area contributed by atoms with Gasteiger partial charge in [0.15, 0.2) is 0 Å². The molecule has 0 saturated heterocycles. The molecular weight excluding hydrogens is 320 g/mol. The van der Waals surface area contributed by atoms with E-state index in [9.17, 15) is 9.90 Å². The van der Waals surface area contributed by atoms with E-state index in [1.54, 1.807) is 32.4 Å². The number of carbonyl (C=O) groups excluding carboxylic acids is 1. The molecule has 6 nitrogen and oxygen atoms in total. The summed E-state index contributed by atoms with van der Waals surface area (Å²) in [6.07, 6.45) is 1.99. The Kier molecular flexibility index (Phi) is 4.55. The second kappa shape index (κ2) is 6.64. The Morgan fingerprint density at radius 1 is 1.36 bits per heavy atom. The highest BCUT2D eigenvalue weighted by Crippen LogP contribution is 2.29. The summed E-state index contributed by atoms with van der Waals surface area (Å²) < 4.78 is 10.8. The van der Waals surface area contributed by atoms with Crippen LogP contribution in [0.1, 0.15) is 24.0 Å². The highest BCUT2D eigenvalue weighted by Gasteiger charge is 2.27. The molecule has 0 radical (unpaired) electrons. The maximum atomic E-state index is 12.3. The van der Waals surface area contributed by atoms with Crippen molar-refractivity contribution in [1.82, 2.24) is 10.3 Å². The van der Waals surface area contributed by atoms with Gasteiger partial charge in [-0.15, -0.1) is 0 Å². The number of carbonyl (C=O) groups is 1. The lowest BCUT2D eigenvalue weighted by molar-refractivity contribution is -0.121. The summed E-state index contributed by atoms with van der Waals surface area (Å²) in [5.74, 6) is 1.68. The van der Waals surface area contributed by atoms with E-state index in [1.165, 1.54) is 0 Å². The maximum absolute atomic E-state index is 12.3. The Bertz CT molecular complexity index is 892. The molecule has 0 aliphatic heterocycles. The minimum atomic E-state index is -1.26. The van der Waals surface area contributed by atoms with Gasteiger partial charge >= 0.3 is 0 Å². The van der Waals surface area contributed by atoms with Crippen LogP contribution >= 0.6 is 0 Å². The predicted molar refractivity (Wildman–Crippen MR) is 94.6 cm³/mol. The average molecular weight is 342 g/mol. The van der Waals surface area contributed by atoms with E-state index in [0.29, 0.717) is 11.5 Å². The largest absolute Gasteiger partial charge is 0.496 e. The molecule has 0 aliphatic rings. The molecule has 0 fully saturated rings. The minimum Gasteiger partial charge on any atom is -0.496 e. The van der Waals surface area contributed by atoms with E-state index in [0.717, 1.165) is 22.2 Å². The monoisotopic (exact) mass is 342 g/mol. The van der Waals surface area contributed by atoms with E-state index in [1.807, 2.05) is 25.1 Å². The second-order valence-electron chi connectivity index (χ2n) is 6.33. The first kappa shape index (κ1) is 17.1. The Balaban J connectivity index is 1.69. The van der Waals surface area contributed by atoms with Crippen molar-refractivity contribution < 1.29 is 19.1 Å². The zero-order valence-electron chi connectivity index (χ0n) is 14.6. The van der Waals surface area contributed by atoms with Crippen molar-refractivity contribution in [2.45, 2.75) is 25.9 Å². The Morgan fingerprint density at radius 2 is 2.16 bits per heavy atom. The third-order valence-corrected chi connectivity index (χ3v) is 4.22. The molecule has 0 spiro atoms. The van der Waals surface area contributed by atoms with Gasteiger partial charge in [-0.2, -0.15) is 0 Å². The molecule has 6 heteroatoms. The lowest BCUT2D eigenvalue weighted by Crippen LogP contribution is -2.39.